The largest absolute Gasteiger partial charge is 0.465 e. The minimum atomic E-state index is -3.85. The number of hydrogen-bond donors (Lipinski definition) is 2. The molecule has 2 N–H and O–H groups in total. The maximum atomic E-state index is 15.7. The Hall–Kier alpha value is -2.60. The van der Waals surface area contributed by atoms with E-state index in [1.54, 1.807) is 37.3 Å². The van der Waals surface area contributed by atoms with Gasteiger partial charge in [-0.1, -0.05) is 30.3 Å². The molecule has 0 unspecified atom stereocenters. The van der Waals surface area contributed by atoms with Gasteiger partial charge in [0.1, 0.15) is 16.9 Å². The van der Waals surface area contributed by atoms with Gasteiger partial charge in [0.15, 0.2) is 0 Å². The van der Waals surface area contributed by atoms with E-state index in [4.69, 9.17) is 4.74 Å². The molecule has 0 spiro atoms. The highest BCUT2D eigenvalue weighted by Crippen LogP contribution is 2.42. The van der Waals surface area contributed by atoms with Gasteiger partial charge in [-0.25, -0.2) is 22.0 Å². The lowest BCUT2D eigenvalue weighted by molar-refractivity contribution is -0.0267. The predicted octanol–water partition coefficient (Wildman–Crippen LogP) is 4.39. The van der Waals surface area contributed by atoms with Crippen molar-refractivity contribution in [2.24, 2.45) is 0 Å². The van der Waals surface area contributed by atoms with Gasteiger partial charge in [-0.3, -0.25) is 4.90 Å². The first-order valence-electron chi connectivity index (χ1n) is 12.8. The van der Waals surface area contributed by atoms with Crippen LogP contribution in [0.2, 0.25) is 0 Å². The van der Waals surface area contributed by atoms with Crippen LogP contribution >= 0.6 is 0 Å². The van der Waals surface area contributed by atoms with Crippen LogP contribution < -0.4 is 0 Å². The zero-order chi connectivity index (χ0) is 27.5. The van der Waals surface area contributed by atoms with Gasteiger partial charge in [-0.15, -0.1) is 0 Å². The topological polar surface area (TPSA) is 107 Å². The highest BCUT2D eigenvalue weighted by molar-refractivity contribution is 7.89. The van der Waals surface area contributed by atoms with Crippen molar-refractivity contribution < 1.29 is 36.9 Å². The van der Waals surface area contributed by atoms with E-state index in [0.29, 0.717) is 18.4 Å². The molecule has 208 valence electrons. The number of sulfonamides is 1. The summed E-state index contributed by atoms with van der Waals surface area (Å²) in [4.78, 5) is 13.2. The van der Waals surface area contributed by atoms with E-state index in [1.807, 2.05) is 0 Å². The molecule has 2 fully saturated rings. The molecule has 1 amide bonds. The number of hydrogen-bond acceptors (Lipinski definition) is 5. The molecule has 4 rings (SSSR count). The SMILES string of the molecule is C[C@H]1CC[C@H](c2ccccc2)S(=O)(=O)N1Cc1cc(F)c(C2(N(CCCO)C(=O)O)CCOCC2)cc1F. The van der Waals surface area contributed by atoms with Gasteiger partial charge in [-0.05, 0) is 56.7 Å². The fraction of sp³-hybridized carbons (Fsp3) is 0.519. The van der Waals surface area contributed by atoms with Gasteiger partial charge >= 0.3 is 6.09 Å². The summed E-state index contributed by atoms with van der Waals surface area (Å²) in [5.41, 5.74) is -0.940. The molecular formula is C27H34F2N2O6S. The van der Waals surface area contributed by atoms with Crippen molar-refractivity contribution in [3.63, 3.8) is 0 Å². The molecule has 0 saturated carbocycles. The molecule has 11 heteroatoms. The third-order valence-electron chi connectivity index (χ3n) is 7.77. The van der Waals surface area contributed by atoms with Crippen LogP contribution in [0.25, 0.3) is 0 Å². The predicted molar refractivity (Wildman–Crippen MR) is 137 cm³/mol. The lowest BCUT2D eigenvalue weighted by Gasteiger charge is -2.45. The smallest absolute Gasteiger partial charge is 0.408 e. The molecule has 0 radical (unpaired) electrons. The van der Waals surface area contributed by atoms with Gasteiger partial charge in [0.05, 0.1) is 5.54 Å². The summed E-state index contributed by atoms with van der Waals surface area (Å²) >= 11 is 0. The standard InChI is InChI=1S/C27H34F2N2O6S/c1-19-8-9-25(20-6-3-2-4-7-20)38(35,36)31(19)18-21-16-24(29)22(17-23(21)28)27(10-14-37-15-11-27)30(26(33)34)12-5-13-32/h2-4,6-7,16-17,19,25,32H,5,8-15,18H2,1H3,(H,33,34)/t19-,25+/m0/s1. The number of rotatable bonds is 8. The van der Waals surface area contributed by atoms with Crippen molar-refractivity contribution in [1.29, 1.82) is 0 Å². The summed E-state index contributed by atoms with van der Waals surface area (Å²) in [5.74, 6) is -1.61. The average molecular weight is 553 g/mol. The number of nitrogens with zero attached hydrogens (tertiary/aromatic N) is 2. The molecule has 2 aliphatic rings. The summed E-state index contributed by atoms with van der Waals surface area (Å²) in [7, 11) is -3.85. The van der Waals surface area contributed by atoms with Crippen LogP contribution in [0.15, 0.2) is 42.5 Å². The third kappa shape index (κ3) is 5.42. The summed E-state index contributed by atoms with van der Waals surface area (Å²) < 4.78 is 65.1. The summed E-state index contributed by atoms with van der Waals surface area (Å²) in [6.45, 7) is 1.44. The Balaban J connectivity index is 1.69. The Morgan fingerprint density at radius 1 is 1.13 bits per heavy atom. The normalized spacial score (nSPS) is 23.2. The first kappa shape index (κ1) is 28.4. The van der Waals surface area contributed by atoms with Crippen molar-refractivity contribution in [2.45, 2.75) is 62.4 Å². The van der Waals surface area contributed by atoms with E-state index in [0.717, 1.165) is 17.0 Å². The van der Waals surface area contributed by atoms with Gasteiger partial charge in [0, 0.05) is 50.1 Å². The molecule has 2 aliphatic heterocycles. The van der Waals surface area contributed by atoms with E-state index < -0.39 is 44.6 Å². The van der Waals surface area contributed by atoms with Gasteiger partial charge in [0.2, 0.25) is 10.0 Å². The van der Waals surface area contributed by atoms with Crippen LogP contribution in [0.3, 0.4) is 0 Å². The van der Waals surface area contributed by atoms with E-state index in [9.17, 15) is 23.4 Å². The summed E-state index contributed by atoms with van der Waals surface area (Å²) in [6.07, 6.45) is 0.0910. The van der Waals surface area contributed by atoms with E-state index >= 15 is 8.78 Å². The molecular weight excluding hydrogens is 518 g/mol. The summed E-state index contributed by atoms with van der Waals surface area (Å²) in [6, 6.07) is 10.4. The van der Waals surface area contributed by atoms with Gasteiger partial charge in [-0.2, -0.15) is 4.31 Å². The van der Waals surface area contributed by atoms with E-state index in [1.165, 1.54) is 4.31 Å². The average Bonchev–Trinajstić information content (AvgIpc) is 2.89. The maximum Gasteiger partial charge on any atom is 0.408 e. The quantitative estimate of drug-likeness (QED) is 0.503. The van der Waals surface area contributed by atoms with Crippen molar-refractivity contribution >= 4 is 16.1 Å². The molecule has 2 atom stereocenters. The monoisotopic (exact) mass is 552 g/mol. The zero-order valence-corrected chi connectivity index (χ0v) is 22.2. The second-order valence-corrected chi connectivity index (χ2v) is 12.1. The second-order valence-electron chi connectivity index (χ2n) is 9.99. The van der Waals surface area contributed by atoms with Gasteiger partial charge < -0.3 is 14.9 Å². The number of amides is 1. The van der Waals surface area contributed by atoms with Crippen LogP contribution in [-0.4, -0.2) is 66.3 Å². The minimum absolute atomic E-state index is 0.0565. The van der Waals surface area contributed by atoms with Gasteiger partial charge in [0.25, 0.3) is 0 Å². The third-order valence-corrected chi connectivity index (χ3v) is 10.1. The number of ether oxygens (including phenoxy) is 1. The molecule has 2 aromatic carbocycles. The molecule has 2 heterocycles. The molecule has 2 aromatic rings. The first-order chi connectivity index (χ1) is 18.1. The minimum Gasteiger partial charge on any atom is -0.465 e. The van der Waals surface area contributed by atoms with Crippen LogP contribution in [-0.2, 0) is 26.8 Å². The van der Waals surface area contributed by atoms with Crippen molar-refractivity contribution in [3.8, 4) is 0 Å². The molecule has 2 saturated heterocycles. The highest BCUT2D eigenvalue weighted by Gasteiger charge is 2.45. The number of aliphatic hydroxyl groups excluding tert-OH is 1. The highest BCUT2D eigenvalue weighted by atomic mass is 32.2. The zero-order valence-electron chi connectivity index (χ0n) is 21.4. The molecule has 38 heavy (non-hydrogen) atoms. The van der Waals surface area contributed by atoms with Crippen LogP contribution in [0.5, 0.6) is 0 Å². The number of aliphatic hydroxyl groups is 1. The second kappa shape index (κ2) is 11.6. The first-order valence-corrected chi connectivity index (χ1v) is 14.4. The van der Waals surface area contributed by atoms with E-state index in [-0.39, 0.29) is 63.3 Å². The lowest BCUT2D eigenvalue weighted by atomic mass is 9.80. The molecule has 0 aliphatic carbocycles. The van der Waals surface area contributed by atoms with Crippen LogP contribution in [0, 0.1) is 11.6 Å². The molecule has 0 bridgehead atoms. The Morgan fingerprint density at radius 2 is 1.82 bits per heavy atom. The number of carboxylic acid groups (broad SMARTS) is 1. The maximum absolute atomic E-state index is 15.7. The Kier molecular flexibility index (Phi) is 8.71. The van der Waals surface area contributed by atoms with Crippen molar-refractivity contribution in [2.75, 3.05) is 26.4 Å². The lowest BCUT2D eigenvalue weighted by Crippen LogP contribution is -2.53. The molecule has 8 nitrogen and oxygen atoms in total. The number of carbonyl (C=O) groups is 1. The van der Waals surface area contributed by atoms with Crippen molar-refractivity contribution in [1.82, 2.24) is 9.21 Å². The Morgan fingerprint density at radius 3 is 2.45 bits per heavy atom. The Labute approximate surface area is 221 Å². The number of halogens is 2. The van der Waals surface area contributed by atoms with Crippen LogP contribution in [0.1, 0.15) is 61.0 Å². The summed E-state index contributed by atoms with van der Waals surface area (Å²) in [5, 5.41) is 18.4. The number of benzene rings is 2. The Bertz CT molecular complexity index is 1240. The van der Waals surface area contributed by atoms with Crippen LogP contribution in [0.4, 0.5) is 13.6 Å². The molecule has 0 aromatic heterocycles. The van der Waals surface area contributed by atoms with Crippen molar-refractivity contribution in [3.05, 3.63) is 70.8 Å². The fourth-order valence-corrected chi connectivity index (χ4v) is 7.89. The fourth-order valence-electron chi connectivity index (χ4n) is 5.70. The van der Waals surface area contributed by atoms with E-state index in [2.05, 4.69) is 0 Å².